The highest BCUT2D eigenvalue weighted by molar-refractivity contribution is 5.95. The van der Waals surface area contributed by atoms with Crippen molar-refractivity contribution in [2.45, 2.75) is 52.6 Å². The Balaban J connectivity index is 1.89. The van der Waals surface area contributed by atoms with E-state index in [2.05, 4.69) is 15.5 Å². The molecule has 0 saturated carbocycles. The predicted octanol–water partition coefficient (Wildman–Crippen LogP) is 2.65. The molecule has 6 heteroatoms. The molecule has 2 N–H and O–H groups in total. The molecule has 144 valence electrons. The van der Waals surface area contributed by atoms with Gasteiger partial charge in [0.1, 0.15) is 5.75 Å². The van der Waals surface area contributed by atoms with Gasteiger partial charge in [-0.25, -0.2) is 0 Å². The summed E-state index contributed by atoms with van der Waals surface area (Å²) in [5.41, 5.74) is 0.692. The van der Waals surface area contributed by atoms with Gasteiger partial charge in [0.15, 0.2) is 0 Å². The molecule has 2 amide bonds. The van der Waals surface area contributed by atoms with E-state index in [1.54, 1.807) is 0 Å². The van der Waals surface area contributed by atoms with Crippen LogP contribution in [0.15, 0.2) is 24.3 Å². The van der Waals surface area contributed by atoms with E-state index >= 15 is 0 Å². The third-order valence-corrected chi connectivity index (χ3v) is 4.70. The van der Waals surface area contributed by atoms with Crippen LogP contribution < -0.4 is 15.4 Å². The number of benzene rings is 1. The number of nitrogens with one attached hydrogen (secondary N) is 2. The van der Waals surface area contributed by atoms with Crippen LogP contribution >= 0.6 is 0 Å². The van der Waals surface area contributed by atoms with E-state index in [4.69, 9.17) is 4.74 Å². The third kappa shape index (κ3) is 5.46. The number of hydrogen-bond donors (Lipinski definition) is 2. The number of piperidine rings is 1. The third-order valence-electron chi connectivity index (χ3n) is 4.70. The number of nitrogens with zero attached hydrogens (tertiary/aromatic N) is 1. The van der Waals surface area contributed by atoms with Crippen molar-refractivity contribution in [1.82, 2.24) is 10.2 Å². The number of para-hydroxylation sites is 2. The van der Waals surface area contributed by atoms with Crippen molar-refractivity contribution in [3.8, 4) is 5.75 Å². The SMILES string of the molecule is CCOc1ccccc1NC(=O)C(C)N1CCC(C(=O)NC(C)C)CC1. The highest BCUT2D eigenvalue weighted by Gasteiger charge is 2.30. The Morgan fingerprint density at radius 2 is 1.85 bits per heavy atom. The van der Waals surface area contributed by atoms with Crippen LogP contribution in [0.4, 0.5) is 5.69 Å². The molecular weight excluding hydrogens is 330 g/mol. The Morgan fingerprint density at radius 3 is 2.46 bits per heavy atom. The molecule has 0 radical (unpaired) electrons. The first kappa shape index (κ1) is 20.2. The predicted molar refractivity (Wildman–Crippen MR) is 103 cm³/mol. The summed E-state index contributed by atoms with van der Waals surface area (Å²) in [4.78, 5) is 26.9. The lowest BCUT2D eigenvalue weighted by Gasteiger charge is -2.35. The van der Waals surface area contributed by atoms with Crippen LogP contribution in [0.3, 0.4) is 0 Å². The number of ether oxygens (including phenoxy) is 1. The lowest BCUT2D eigenvalue weighted by atomic mass is 9.94. The minimum Gasteiger partial charge on any atom is -0.492 e. The Bertz CT molecular complexity index is 610. The van der Waals surface area contributed by atoms with Gasteiger partial charge < -0.3 is 15.4 Å². The van der Waals surface area contributed by atoms with Gasteiger partial charge in [-0.05, 0) is 65.8 Å². The number of carbonyl (C=O) groups is 2. The molecular formula is C20H31N3O3. The van der Waals surface area contributed by atoms with Crippen LogP contribution in [0.2, 0.25) is 0 Å². The summed E-state index contributed by atoms with van der Waals surface area (Å²) in [5.74, 6) is 0.798. The van der Waals surface area contributed by atoms with Gasteiger partial charge in [0.05, 0.1) is 18.3 Å². The highest BCUT2D eigenvalue weighted by Crippen LogP contribution is 2.25. The molecule has 0 spiro atoms. The number of anilines is 1. The first-order chi connectivity index (χ1) is 12.4. The summed E-state index contributed by atoms with van der Waals surface area (Å²) in [7, 11) is 0. The maximum Gasteiger partial charge on any atom is 0.241 e. The van der Waals surface area contributed by atoms with Gasteiger partial charge in [0, 0.05) is 12.0 Å². The summed E-state index contributed by atoms with van der Waals surface area (Å²) in [6, 6.07) is 7.37. The molecule has 1 aliphatic rings. The summed E-state index contributed by atoms with van der Waals surface area (Å²) < 4.78 is 5.56. The van der Waals surface area contributed by atoms with Crippen LogP contribution in [-0.4, -0.2) is 48.5 Å². The fourth-order valence-corrected chi connectivity index (χ4v) is 3.21. The number of rotatable bonds is 7. The maximum absolute atomic E-state index is 12.6. The molecule has 1 atom stereocenters. The molecule has 1 aromatic carbocycles. The normalized spacial score (nSPS) is 17.0. The molecule has 1 saturated heterocycles. The van der Waals surface area contributed by atoms with Crippen LogP contribution in [0, 0.1) is 5.92 Å². The molecule has 1 fully saturated rings. The van der Waals surface area contributed by atoms with E-state index in [1.165, 1.54) is 0 Å². The van der Waals surface area contributed by atoms with Crippen molar-refractivity contribution in [3.05, 3.63) is 24.3 Å². The molecule has 1 aromatic rings. The Morgan fingerprint density at radius 1 is 1.19 bits per heavy atom. The van der Waals surface area contributed by atoms with Crippen molar-refractivity contribution < 1.29 is 14.3 Å². The van der Waals surface area contributed by atoms with Crippen LogP contribution in [0.5, 0.6) is 5.75 Å². The lowest BCUT2D eigenvalue weighted by molar-refractivity contribution is -0.127. The topological polar surface area (TPSA) is 70.7 Å². The van der Waals surface area contributed by atoms with E-state index in [0.717, 1.165) is 25.9 Å². The molecule has 0 aliphatic carbocycles. The first-order valence-corrected chi connectivity index (χ1v) is 9.49. The number of likely N-dealkylation sites (tertiary alicyclic amines) is 1. The zero-order valence-electron chi connectivity index (χ0n) is 16.2. The van der Waals surface area contributed by atoms with Crippen LogP contribution in [-0.2, 0) is 9.59 Å². The average Bonchev–Trinajstić information content (AvgIpc) is 2.62. The molecule has 2 rings (SSSR count). The minimum absolute atomic E-state index is 0.0441. The standard InChI is InChI=1S/C20H31N3O3/c1-5-26-18-9-7-6-8-17(18)22-19(24)15(4)23-12-10-16(11-13-23)20(25)21-14(2)3/h6-9,14-16H,5,10-13H2,1-4H3,(H,21,25)(H,22,24). The zero-order valence-corrected chi connectivity index (χ0v) is 16.2. The summed E-state index contributed by atoms with van der Waals surface area (Å²) >= 11 is 0. The number of amides is 2. The largest absolute Gasteiger partial charge is 0.492 e. The Hall–Kier alpha value is -2.08. The zero-order chi connectivity index (χ0) is 19.1. The van der Waals surface area contributed by atoms with Crippen molar-refractivity contribution in [2.24, 2.45) is 5.92 Å². The van der Waals surface area contributed by atoms with Crippen LogP contribution in [0.25, 0.3) is 0 Å². The van der Waals surface area contributed by atoms with Gasteiger partial charge in [0.25, 0.3) is 0 Å². The van der Waals surface area contributed by atoms with Crippen molar-refractivity contribution in [2.75, 3.05) is 25.0 Å². The molecule has 1 unspecified atom stereocenters. The van der Waals surface area contributed by atoms with Gasteiger partial charge in [-0.2, -0.15) is 0 Å². The van der Waals surface area contributed by atoms with Gasteiger partial charge in [-0.1, -0.05) is 12.1 Å². The highest BCUT2D eigenvalue weighted by atomic mass is 16.5. The number of carbonyl (C=O) groups excluding carboxylic acids is 2. The van der Waals surface area contributed by atoms with Gasteiger partial charge in [-0.15, -0.1) is 0 Å². The second kappa shape index (κ2) is 9.57. The molecule has 26 heavy (non-hydrogen) atoms. The summed E-state index contributed by atoms with van der Waals surface area (Å²) in [6.07, 6.45) is 1.57. The van der Waals surface area contributed by atoms with E-state index in [-0.39, 0.29) is 29.8 Å². The van der Waals surface area contributed by atoms with Gasteiger partial charge >= 0.3 is 0 Å². The molecule has 1 aliphatic heterocycles. The van der Waals surface area contributed by atoms with Crippen LogP contribution in [0.1, 0.15) is 40.5 Å². The lowest BCUT2D eigenvalue weighted by Crippen LogP contribution is -2.48. The molecule has 6 nitrogen and oxygen atoms in total. The molecule has 0 aromatic heterocycles. The average molecular weight is 361 g/mol. The van der Waals surface area contributed by atoms with Gasteiger partial charge in [0.2, 0.25) is 11.8 Å². The van der Waals surface area contributed by atoms with E-state index in [9.17, 15) is 9.59 Å². The maximum atomic E-state index is 12.6. The summed E-state index contributed by atoms with van der Waals surface area (Å²) in [6.45, 7) is 9.82. The smallest absolute Gasteiger partial charge is 0.241 e. The Kier molecular flexibility index (Phi) is 7.45. The minimum atomic E-state index is -0.251. The quantitative estimate of drug-likeness (QED) is 0.783. The second-order valence-electron chi connectivity index (χ2n) is 7.07. The number of hydrogen-bond acceptors (Lipinski definition) is 4. The monoisotopic (exact) mass is 361 g/mol. The summed E-state index contributed by atoms with van der Waals surface area (Å²) in [5, 5.41) is 5.95. The van der Waals surface area contributed by atoms with Gasteiger partial charge in [-0.3, -0.25) is 14.5 Å². The van der Waals surface area contributed by atoms with Crippen molar-refractivity contribution >= 4 is 17.5 Å². The Labute approximate surface area is 156 Å². The van der Waals surface area contributed by atoms with Crippen molar-refractivity contribution in [3.63, 3.8) is 0 Å². The molecule has 1 heterocycles. The van der Waals surface area contributed by atoms with E-state index in [0.29, 0.717) is 18.0 Å². The fraction of sp³-hybridized carbons (Fsp3) is 0.600. The van der Waals surface area contributed by atoms with Crippen molar-refractivity contribution in [1.29, 1.82) is 0 Å². The van der Waals surface area contributed by atoms with E-state index in [1.807, 2.05) is 52.0 Å². The second-order valence-corrected chi connectivity index (χ2v) is 7.07. The first-order valence-electron chi connectivity index (χ1n) is 9.49. The van der Waals surface area contributed by atoms with E-state index < -0.39 is 0 Å². The fourth-order valence-electron chi connectivity index (χ4n) is 3.21. The molecule has 0 bridgehead atoms.